The third kappa shape index (κ3) is 2.48. The maximum Gasteiger partial charge on any atom is 0.141 e. The Morgan fingerprint density at radius 2 is 2.27 bits per heavy atom. The highest BCUT2D eigenvalue weighted by Gasteiger charge is 2.24. The molecule has 0 aliphatic carbocycles. The zero-order chi connectivity index (χ0) is 10.8. The summed E-state index contributed by atoms with van der Waals surface area (Å²) in [7, 11) is 0. The Morgan fingerprint density at radius 1 is 1.47 bits per heavy atom. The van der Waals surface area contributed by atoms with Crippen LogP contribution in [0.1, 0.15) is 19.8 Å². The van der Waals surface area contributed by atoms with Crippen LogP contribution in [0.2, 0.25) is 0 Å². The molecule has 2 atom stereocenters. The molecule has 82 valence electrons. The summed E-state index contributed by atoms with van der Waals surface area (Å²) >= 11 is 3.62. The summed E-state index contributed by atoms with van der Waals surface area (Å²) in [6.45, 7) is 3.13. The van der Waals surface area contributed by atoms with Gasteiger partial charge in [-0.25, -0.2) is 9.37 Å². The average Bonchev–Trinajstić information content (AvgIpc) is 2.23. The molecule has 0 radical (unpaired) electrons. The van der Waals surface area contributed by atoms with Crippen LogP contribution in [0.15, 0.2) is 18.3 Å². The number of hydrogen-bond acceptors (Lipinski definition) is 2. The molecule has 0 spiro atoms. The molecule has 1 fully saturated rings. The number of piperidine rings is 1. The van der Waals surface area contributed by atoms with Crippen molar-refractivity contribution in [2.75, 3.05) is 11.4 Å². The molecule has 0 saturated carbocycles. The lowest BCUT2D eigenvalue weighted by atomic mass is 10.0. The lowest BCUT2D eigenvalue weighted by Gasteiger charge is -2.36. The summed E-state index contributed by atoms with van der Waals surface area (Å²) in [5.74, 6) is 0.590. The van der Waals surface area contributed by atoms with Crippen molar-refractivity contribution in [1.82, 2.24) is 4.98 Å². The van der Waals surface area contributed by atoms with Gasteiger partial charge in [-0.1, -0.05) is 15.9 Å². The second-order valence-electron chi connectivity index (χ2n) is 4.01. The normalized spacial score (nSPS) is 26.7. The van der Waals surface area contributed by atoms with Crippen molar-refractivity contribution in [2.45, 2.75) is 30.6 Å². The van der Waals surface area contributed by atoms with Crippen LogP contribution in [-0.2, 0) is 0 Å². The highest BCUT2D eigenvalue weighted by Crippen LogP contribution is 2.26. The first kappa shape index (κ1) is 10.9. The van der Waals surface area contributed by atoms with Crippen LogP contribution in [0.25, 0.3) is 0 Å². The van der Waals surface area contributed by atoms with Gasteiger partial charge < -0.3 is 4.90 Å². The van der Waals surface area contributed by atoms with Gasteiger partial charge in [0.25, 0.3) is 0 Å². The van der Waals surface area contributed by atoms with Crippen molar-refractivity contribution >= 4 is 21.7 Å². The first-order chi connectivity index (χ1) is 7.16. The Labute approximate surface area is 97.6 Å². The fourth-order valence-corrected chi connectivity index (χ4v) is 2.50. The maximum absolute atomic E-state index is 12.7. The third-order valence-electron chi connectivity index (χ3n) is 2.83. The molecule has 0 N–H and O–H groups in total. The number of halogens is 2. The van der Waals surface area contributed by atoms with Crippen LogP contribution in [0.4, 0.5) is 10.2 Å². The Kier molecular flexibility index (Phi) is 3.24. The van der Waals surface area contributed by atoms with Gasteiger partial charge in [0, 0.05) is 17.4 Å². The summed E-state index contributed by atoms with van der Waals surface area (Å²) in [6.07, 6.45) is 3.62. The molecule has 0 aromatic carbocycles. The molecule has 15 heavy (non-hydrogen) atoms. The van der Waals surface area contributed by atoms with Crippen LogP contribution < -0.4 is 4.90 Å². The van der Waals surface area contributed by atoms with Crippen LogP contribution in [-0.4, -0.2) is 22.4 Å². The molecule has 2 rings (SSSR count). The minimum atomic E-state index is -0.279. The first-order valence-electron chi connectivity index (χ1n) is 5.19. The van der Waals surface area contributed by atoms with Crippen molar-refractivity contribution in [3.05, 3.63) is 24.1 Å². The fourth-order valence-electron chi connectivity index (χ4n) is 1.92. The predicted molar refractivity (Wildman–Crippen MR) is 63.0 cm³/mol. The predicted octanol–water partition coefficient (Wildman–Crippen LogP) is 2.97. The van der Waals surface area contributed by atoms with Crippen LogP contribution in [0.3, 0.4) is 0 Å². The second-order valence-corrected chi connectivity index (χ2v) is 5.31. The van der Waals surface area contributed by atoms with Crippen LogP contribution in [0.5, 0.6) is 0 Å². The van der Waals surface area contributed by atoms with E-state index in [4.69, 9.17) is 0 Å². The number of nitrogens with zero attached hydrogens (tertiary/aromatic N) is 2. The van der Waals surface area contributed by atoms with Gasteiger partial charge in [0.05, 0.1) is 6.20 Å². The SMILES string of the molecule is CC1CCC(Br)CN1c1ccc(F)cn1. The Morgan fingerprint density at radius 3 is 2.93 bits per heavy atom. The Bertz CT molecular complexity index is 328. The number of anilines is 1. The molecule has 4 heteroatoms. The summed E-state index contributed by atoms with van der Waals surface area (Å²) in [5.41, 5.74) is 0. The van der Waals surface area contributed by atoms with Gasteiger partial charge >= 0.3 is 0 Å². The molecule has 1 saturated heterocycles. The number of hydrogen-bond donors (Lipinski definition) is 0. The van der Waals surface area contributed by atoms with E-state index >= 15 is 0 Å². The highest BCUT2D eigenvalue weighted by atomic mass is 79.9. The van der Waals surface area contributed by atoms with Gasteiger partial charge in [-0.2, -0.15) is 0 Å². The van der Waals surface area contributed by atoms with Crippen molar-refractivity contribution in [3.63, 3.8) is 0 Å². The second kappa shape index (κ2) is 4.47. The number of alkyl halides is 1. The molecule has 0 amide bonds. The third-order valence-corrected chi connectivity index (χ3v) is 3.58. The molecule has 2 heterocycles. The van der Waals surface area contributed by atoms with Gasteiger partial charge in [0.15, 0.2) is 0 Å². The maximum atomic E-state index is 12.7. The number of rotatable bonds is 1. The molecule has 1 aliphatic rings. The minimum absolute atomic E-state index is 0.279. The average molecular weight is 273 g/mol. The molecule has 1 aromatic heterocycles. The first-order valence-corrected chi connectivity index (χ1v) is 6.10. The quantitative estimate of drug-likeness (QED) is 0.731. The largest absolute Gasteiger partial charge is 0.353 e. The van der Waals surface area contributed by atoms with Crippen LogP contribution >= 0.6 is 15.9 Å². The lowest BCUT2D eigenvalue weighted by Crippen LogP contribution is -2.42. The molecular weight excluding hydrogens is 259 g/mol. The number of aromatic nitrogens is 1. The van der Waals surface area contributed by atoms with Crippen molar-refractivity contribution in [2.24, 2.45) is 0 Å². The van der Waals surface area contributed by atoms with Gasteiger partial charge in [-0.15, -0.1) is 0 Å². The van der Waals surface area contributed by atoms with Crippen molar-refractivity contribution in [1.29, 1.82) is 0 Å². The number of pyridine rings is 1. The van der Waals surface area contributed by atoms with Gasteiger partial charge in [-0.3, -0.25) is 0 Å². The van der Waals surface area contributed by atoms with Gasteiger partial charge in [0.1, 0.15) is 11.6 Å². The summed E-state index contributed by atoms with van der Waals surface area (Å²) < 4.78 is 12.7. The van der Waals surface area contributed by atoms with E-state index in [0.717, 1.165) is 18.8 Å². The van der Waals surface area contributed by atoms with E-state index in [1.165, 1.54) is 18.7 Å². The van der Waals surface area contributed by atoms with E-state index in [0.29, 0.717) is 10.9 Å². The Hall–Kier alpha value is -0.640. The highest BCUT2D eigenvalue weighted by molar-refractivity contribution is 9.09. The smallest absolute Gasteiger partial charge is 0.141 e. The molecular formula is C11H14BrFN2. The summed E-state index contributed by atoms with van der Waals surface area (Å²) in [6, 6.07) is 3.70. The van der Waals surface area contributed by atoms with Crippen molar-refractivity contribution in [3.8, 4) is 0 Å². The summed E-state index contributed by atoms with van der Waals surface area (Å²) in [4.78, 5) is 6.86. The molecule has 2 nitrogen and oxygen atoms in total. The van der Waals surface area contributed by atoms with E-state index in [2.05, 4.69) is 32.7 Å². The zero-order valence-electron chi connectivity index (χ0n) is 8.66. The Balaban J connectivity index is 2.17. The molecule has 1 aromatic rings. The van der Waals surface area contributed by atoms with Gasteiger partial charge in [-0.05, 0) is 31.9 Å². The molecule has 1 aliphatic heterocycles. The van der Waals surface area contributed by atoms with E-state index in [-0.39, 0.29) is 5.82 Å². The van der Waals surface area contributed by atoms with Crippen molar-refractivity contribution < 1.29 is 4.39 Å². The lowest BCUT2D eigenvalue weighted by molar-refractivity contribution is 0.493. The van der Waals surface area contributed by atoms with E-state index in [9.17, 15) is 4.39 Å². The van der Waals surface area contributed by atoms with Gasteiger partial charge in [0.2, 0.25) is 0 Å². The molecule has 2 unspecified atom stereocenters. The topological polar surface area (TPSA) is 16.1 Å². The standard InChI is InChI=1S/C11H14BrFN2/c1-8-2-3-9(12)7-15(8)11-5-4-10(13)6-14-11/h4-6,8-9H,2-3,7H2,1H3. The van der Waals surface area contributed by atoms with E-state index in [1.807, 2.05) is 0 Å². The van der Waals surface area contributed by atoms with E-state index in [1.54, 1.807) is 6.07 Å². The van der Waals surface area contributed by atoms with Crippen LogP contribution in [0, 0.1) is 5.82 Å². The molecule has 0 bridgehead atoms. The summed E-state index contributed by atoms with van der Waals surface area (Å²) in [5, 5.41) is 0. The monoisotopic (exact) mass is 272 g/mol. The van der Waals surface area contributed by atoms with E-state index < -0.39 is 0 Å². The zero-order valence-corrected chi connectivity index (χ0v) is 10.2. The fraction of sp³-hybridized carbons (Fsp3) is 0.545. The minimum Gasteiger partial charge on any atom is -0.353 e.